The Bertz CT molecular complexity index is 2520. The van der Waals surface area contributed by atoms with Gasteiger partial charge >= 0.3 is 35.8 Å². The van der Waals surface area contributed by atoms with Crippen molar-refractivity contribution in [2.45, 2.75) is 78.2 Å². The van der Waals surface area contributed by atoms with Crippen LogP contribution in [0.3, 0.4) is 0 Å². The number of esters is 6. The van der Waals surface area contributed by atoms with Gasteiger partial charge in [0.15, 0.2) is 70.4 Å². The highest BCUT2D eigenvalue weighted by Gasteiger charge is 2.49. The monoisotopic (exact) mass is 1060 g/mol. The molecule has 0 unspecified atom stereocenters. The van der Waals surface area contributed by atoms with Gasteiger partial charge in [-0.1, -0.05) is 12.1 Å². The molecule has 76 heavy (non-hydrogen) atoms. The van der Waals surface area contributed by atoms with Crippen LogP contribution in [0.5, 0.6) is 57.5 Å². The van der Waals surface area contributed by atoms with E-state index in [9.17, 15) is 28.8 Å². The Balaban J connectivity index is 1.30. The smallest absolute Gasteiger partial charge is 0.308 e. The van der Waals surface area contributed by atoms with Crippen molar-refractivity contribution in [1.29, 1.82) is 0 Å². The van der Waals surface area contributed by atoms with E-state index < -0.39 is 72.4 Å². The van der Waals surface area contributed by atoms with Crippen LogP contribution in [0.2, 0.25) is 0 Å². The van der Waals surface area contributed by atoms with E-state index in [4.69, 9.17) is 75.8 Å². The average molecular weight is 1060 g/mol. The number of carbonyl (C=O) groups is 6. The van der Waals surface area contributed by atoms with Crippen molar-refractivity contribution in [3.8, 4) is 57.5 Å². The Kier molecular flexibility index (Phi) is 19.6. The number of methoxy groups -OCH3 is 6. The third kappa shape index (κ3) is 13.8. The molecule has 2 fully saturated rings. The van der Waals surface area contributed by atoms with Crippen molar-refractivity contribution in [3.05, 3.63) is 82.9 Å². The van der Waals surface area contributed by atoms with Gasteiger partial charge in [0.2, 0.25) is 11.5 Å². The molecule has 2 heterocycles. The standard InChI is InChI=1S/C54H62O22/c1-27(55)67-25-47(51(73-31(5)59)33-13-15-39(71-29(3)57)41(17-33)61-7)75-53-43(63-9)19-35(20-44(53)64-10)49-37-23-70-50(38(37)24-69-49)36-21-45(65-11)54(46(22-36)66-12)76-48(26-68-28(2)56)52(74-32(6)60)34-14-16-40(72-30(4)58)42(18-34)62-8/h13-22,37-38,47-52H,23-26H2,1-12H3/t37-,38-,47+,48+,49+,50+,51-,52-/m1/s1. The van der Waals surface area contributed by atoms with Crippen LogP contribution in [0.1, 0.15) is 88.2 Å². The van der Waals surface area contributed by atoms with E-state index >= 15 is 0 Å². The van der Waals surface area contributed by atoms with Crippen LogP contribution < -0.4 is 47.4 Å². The minimum atomic E-state index is -1.21. The molecule has 0 aromatic heterocycles. The minimum absolute atomic E-state index is 0.0920. The summed E-state index contributed by atoms with van der Waals surface area (Å²) >= 11 is 0. The Labute approximate surface area is 438 Å². The first kappa shape index (κ1) is 57.3. The van der Waals surface area contributed by atoms with Crippen LogP contribution in [0.4, 0.5) is 0 Å². The molecular weight excluding hydrogens is 1000 g/mol. The van der Waals surface area contributed by atoms with Crippen molar-refractivity contribution < 1.29 is 105 Å². The number of hydrogen-bond acceptors (Lipinski definition) is 22. The lowest BCUT2D eigenvalue weighted by atomic mass is 9.84. The fourth-order valence-corrected chi connectivity index (χ4v) is 8.94. The lowest BCUT2D eigenvalue weighted by molar-refractivity contribution is -0.158. The average Bonchev–Trinajstić information content (AvgIpc) is 4.02. The van der Waals surface area contributed by atoms with Gasteiger partial charge in [-0.2, -0.15) is 0 Å². The molecular formula is C54H62O22. The first-order chi connectivity index (χ1) is 36.3. The lowest BCUT2D eigenvalue weighted by Crippen LogP contribution is -2.34. The number of rotatable bonds is 24. The third-order valence-electron chi connectivity index (χ3n) is 12.1. The first-order valence-corrected chi connectivity index (χ1v) is 23.7. The van der Waals surface area contributed by atoms with Crippen molar-refractivity contribution >= 4 is 35.8 Å². The fourth-order valence-electron chi connectivity index (χ4n) is 8.94. The maximum Gasteiger partial charge on any atom is 0.308 e. The molecule has 4 aromatic rings. The maximum atomic E-state index is 12.6. The molecule has 2 saturated heterocycles. The zero-order chi connectivity index (χ0) is 55.4. The quantitative estimate of drug-likeness (QED) is 0.0393. The second-order valence-corrected chi connectivity index (χ2v) is 17.3. The summed E-state index contributed by atoms with van der Waals surface area (Å²) in [7, 11) is 8.50. The number of ether oxygens (including phenoxy) is 16. The Morgan fingerprint density at radius 3 is 1.04 bits per heavy atom. The SMILES string of the molecule is COc1cc([C@@H](OC(C)=O)[C@H](COC(C)=O)Oc2c(OC)cc([C@@H]3OC[C@@H]4[C@H]3CO[C@H]4c3cc(OC)c(O[C@@H](COC(C)=O)[C@H](OC(C)=O)c4ccc(OC(C)=O)c(OC)c4)c(OC)c3)cc2OC)ccc1OC(C)=O. The second-order valence-electron chi connectivity index (χ2n) is 17.3. The molecule has 6 rings (SSSR count). The molecule has 22 nitrogen and oxygen atoms in total. The predicted molar refractivity (Wildman–Crippen MR) is 263 cm³/mol. The van der Waals surface area contributed by atoms with Gasteiger partial charge in [-0.25, -0.2) is 0 Å². The lowest BCUT2D eigenvalue weighted by Gasteiger charge is -2.29. The molecule has 2 aliphatic rings. The maximum absolute atomic E-state index is 12.6. The number of hydrogen-bond donors (Lipinski definition) is 0. The molecule has 4 aromatic carbocycles. The highest BCUT2D eigenvalue weighted by molar-refractivity contribution is 5.72. The van der Waals surface area contributed by atoms with E-state index in [0.29, 0.717) is 22.3 Å². The summed E-state index contributed by atoms with van der Waals surface area (Å²) in [5.41, 5.74) is 2.03. The number of carbonyl (C=O) groups excluding carboxylic acids is 6. The van der Waals surface area contributed by atoms with Crippen molar-refractivity contribution in [2.75, 3.05) is 69.1 Å². The van der Waals surface area contributed by atoms with E-state index in [0.717, 1.165) is 0 Å². The van der Waals surface area contributed by atoms with Crippen LogP contribution in [0.25, 0.3) is 0 Å². The topological polar surface area (TPSA) is 250 Å². The minimum Gasteiger partial charge on any atom is -0.493 e. The van der Waals surface area contributed by atoms with Gasteiger partial charge in [0, 0.05) is 64.5 Å². The Hall–Kier alpha value is -7.98. The largest absolute Gasteiger partial charge is 0.493 e. The highest BCUT2D eigenvalue weighted by Crippen LogP contribution is 2.54. The molecule has 0 aliphatic carbocycles. The summed E-state index contributed by atoms with van der Waals surface area (Å²) in [6.07, 6.45) is -5.88. The summed E-state index contributed by atoms with van der Waals surface area (Å²) in [5, 5.41) is 0. The van der Waals surface area contributed by atoms with E-state index in [1.807, 2.05) is 0 Å². The van der Waals surface area contributed by atoms with Gasteiger partial charge in [-0.3, -0.25) is 28.8 Å². The molecule has 2 aliphatic heterocycles. The number of benzene rings is 4. The fraction of sp³-hybridized carbons (Fsp3) is 0.444. The molecule has 0 bridgehead atoms. The number of fused-ring (bicyclic) bond motifs is 1. The second kappa shape index (κ2) is 26.0. The van der Waals surface area contributed by atoms with Crippen LogP contribution in [0, 0.1) is 11.8 Å². The van der Waals surface area contributed by atoms with Crippen molar-refractivity contribution in [2.24, 2.45) is 11.8 Å². The zero-order valence-electron chi connectivity index (χ0n) is 44.2. The highest BCUT2D eigenvalue weighted by atomic mass is 16.6. The van der Waals surface area contributed by atoms with Crippen LogP contribution >= 0.6 is 0 Å². The van der Waals surface area contributed by atoms with Gasteiger partial charge in [-0.15, -0.1) is 0 Å². The van der Waals surface area contributed by atoms with E-state index in [2.05, 4.69) is 0 Å². The van der Waals surface area contributed by atoms with E-state index in [1.54, 1.807) is 36.4 Å². The van der Waals surface area contributed by atoms with Gasteiger partial charge in [-0.05, 0) is 59.7 Å². The van der Waals surface area contributed by atoms with E-state index in [-0.39, 0.29) is 95.8 Å². The first-order valence-electron chi connectivity index (χ1n) is 23.7. The Morgan fingerprint density at radius 2 is 0.763 bits per heavy atom. The summed E-state index contributed by atoms with van der Waals surface area (Å²) in [5.74, 6) is -2.59. The Morgan fingerprint density at radius 1 is 0.434 bits per heavy atom. The molecule has 0 N–H and O–H groups in total. The summed E-state index contributed by atoms with van der Waals surface area (Å²) in [6.45, 7) is 7.12. The molecule has 22 heteroatoms. The molecule has 410 valence electrons. The molecule has 0 radical (unpaired) electrons. The van der Waals surface area contributed by atoms with Crippen molar-refractivity contribution in [3.63, 3.8) is 0 Å². The summed E-state index contributed by atoms with van der Waals surface area (Å²) < 4.78 is 93.6. The van der Waals surface area contributed by atoms with Crippen LogP contribution in [0.15, 0.2) is 60.7 Å². The van der Waals surface area contributed by atoms with E-state index in [1.165, 1.54) is 108 Å². The summed E-state index contributed by atoms with van der Waals surface area (Å²) in [6, 6.07) is 16.0. The van der Waals surface area contributed by atoms with Crippen LogP contribution in [-0.4, -0.2) is 117 Å². The van der Waals surface area contributed by atoms with Crippen molar-refractivity contribution in [1.82, 2.24) is 0 Å². The van der Waals surface area contributed by atoms with Crippen LogP contribution in [-0.2, 0) is 57.2 Å². The zero-order valence-corrected chi connectivity index (χ0v) is 44.2. The summed E-state index contributed by atoms with van der Waals surface area (Å²) in [4.78, 5) is 73.2. The normalized spacial score (nSPS) is 18.0. The van der Waals surface area contributed by atoms with Gasteiger partial charge in [0.1, 0.15) is 13.2 Å². The predicted octanol–water partition coefficient (Wildman–Crippen LogP) is 6.89. The third-order valence-corrected chi connectivity index (χ3v) is 12.1. The molecule has 0 saturated carbocycles. The van der Waals surface area contributed by atoms with Gasteiger partial charge in [0.25, 0.3) is 0 Å². The molecule has 0 amide bonds. The molecule has 0 spiro atoms. The molecule has 8 atom stereocenters. The van der Waals surface area contributed by atoms with Gasteiger partial charge in [0.05, 0.1) is 68.1 Å². The van der Waals surface area contributed by atoms with Gasteiger partial charge < -0.3 is 75.8 Å².